The van der Waals surface area contributed by atoms with Crippen LogP contribution in [0.15, 0.2) is 60.9 Å². The third kappa shape index (κ3) is 3.61. The van der Waals surface area contributed by atoms with Gasteiger partial charge in [-0.2, -0.15) is 5.10 Å². The van der Waals surface area contributed by atoms with Crippen molar-refractivity contribution in [1.29, 1.82) is 0 Å². The van der Waals surface area contributed by atoms with Crippen molar-refractivity contribution < 1.29 is 9.53 Å². The second-order valence-corrected chi connectivity index (χ2v) is 7.05. The molecule has 0 saturated carbocycles. The molecule has 1 amide bonds. The number of carbonyl (C=O) groups excluding carboxylic acids is 1. The van der Waals surface area contributed by atoms with E-state index in [1.165, 1.54) is 0 Å². The van der Waals surface area contributed by atoms with Crippen molar-refractivity contribution in [3.05, 3.63) is 82.6 Å². The average Bonchev–Trinajstić information content (AvgIpc) is 3.17. The Labute approximate surface area is 168 Å². The van der Waals surface area contributed by atoms with E-state index in [4.69, 9.17) is 16.3 Å². The molecule has 1 unspecified atom stereocenters. The van der Waals surface area contributed by atoms with Crippen LogP contribution in [0.4, 0.5) is 5.69 Å². The van der Waals surface area contributed by atoms with Gasteiger partial charge in [-0.15, -0.1) is 0 Å². The number of benzene rings is 2. The minimum atomic E-state index is -0.308. The Hall–Kier alpha value is -2.83. The molecule has 0 spiro atoms. The maximum absolute atomic E-state index is 13.0. The van der Waals surface area contributed by atoms with Crippen LogP contribution in [0, 0.1) is 0 Å². The summed E-state index contributed by atoms with van der Waals surface area (Å²) < 4.78 is 7.04. The molecule has 1 N–H and O–H groups in total. The largest absolute Gasteiger partial charge is 0.383 e. The van der Waals surface area contributed by atoms with Gasteiger partial charge in [0.1, 0.15) is 6.17 Å². The molecule has 1 aliphatic rings. The van der Waals surface area contributed by atoms with Crippen molar-refractivity contribution in [2.75, 3.05) is 25.6 Å². The number of halogens is 1. The predicted octanol–water partition coefficient (Wildman–Crippen LogP) is 3.80. The van der Waals surface area contributed by atoms with Crippen LogP contribution in [0.2, 0.25) is 5.02 Å². The van der Waals surface area contributed by atoms with E-state index in [9.17, 15) is 4.79 Å². The minimum absolute atomic E-state index is 0.0183. The third-order valence-electron chi connectivity index (χ3n) is 4.82. The first kappa shape index (κ1) is 18.5. The first-order valence-corrected chi connectivity index (χ1v) is 9.46. The Morgan fingerprint density at radius 3 is 2.79 bits per heavy atom. The minimum Gasteiger partial charge on any atom is -0.383 e. The van der Waals surface area contributed by atoms with Crippen LogP contribution in [0.5, 0.6) is 0 Å². The first-order valence-electron chi connectivity index (χ1n) is 9.08. The van der Waals surface area contributed by atoms with Crippen LogP contribution in [0.1, 0.15) is 27.7 Å². The molecule has 3 aromatic rings. The number of rotatable bonds is 6. The maximum Gasteiger partial charge on any atom is 0.257 e. The van der Waals surface area contributed by atoms with Gasteiger partial charge in [-0.05, 0) is 23.8 Å². The van der Waals surface area contributed by atoms with Gasteiger partial charge in [0.15, 0.2) is 0 Å². The number of nitrogens with one attached hydrogen (secondary N) is 1. The van der Waals surface area contributed by atoms with Gasteiger partial charge in [-0.1, -0.05) is 41.9 Å². The lowest BCUT2D eigenvalue weighted by Gasteiger charge is -2.37. The van der Waals surface area contributed by atoms with Crippen molar-refractivity contribution in [3.63, 3.8) is 0 Å². The van der Waals surface area contributed by atoms with E-state index in [0.717, 1.165) is 16.8 Å². The van der Waals surface area contributed by atoms with Gasteiger partial charge in [-0.3, -0.25) is 9.48 Å². The molecular weight excluding hydrogens is 376 g/mol. The number of hydrogen-bond donors (Lipinski definition) is 1. The van der Waals surface area contributed by atoms with Crippen LogP contribution < -0.4 is 5.32 Å². The molecule has 1 aromatic heterocycles. The van der Waals surface area contributed by atoms with Gasteiger partial charge in [0, 0.05) is 36.1 Å². The highest BCUT2D eigenvalue weighted by atomic mass is 35.5. The number of amides is 1. The highest BCUT2D eigenvalue weighted by Crippen LogP contribution is 2.32. The van der Waals surface area contributed by atoms with Crippen LogP contribution in [0.3, 0.4) is 0 Å². The Kier molecular flexibility index (Phi) is 5.32. The van der Waals surface area contributed by atoms with Crippen LogP contribution in [-0.4, -0.2) is 40.8 Å². The number of fused-ring (bicyclic) bond motifs is 1. The predicted molar refractivity (Wildman–Crippen MR) is 108 cm³/mol. The maximum atomic E-state index is 13.0. The lowest BCUT2D eigenvalue weighted by atomic mass is 10.1. The monoisotopic (exact) mass is 396 g/mol. The fraction of sp³-hybridized carbons (Fsp3) is 0.238. The van der Waals surface area contributed by atoms with Gasteiger partial charge in [0.2, 0.25) is 0 Å². The molecule has 0 fully saturated rings. The molecule has 144 valence electrons. The zero-order valence-electron chi connectivity index (χ0n) is 15.5. The summed E-state index contributed by atoms with van der Waals surface area (Å²) in [5.41, 5.74) is 3.39. The Morgan fingerprint density at radius 1 is 1.18 bits per heavy atom. The van der Waals surface area contributed by atoms with Crippen molar-refractivity contribution in [3.8, 4) is 0 Å². The standard InChI is InChI=1S/C21H21ClN4O2/c1-28-11-10-26-20(24-19-9-5-3-7-17(19)21(26)27)16-12-23-25(14-16)13-15-6-2-4-8-18(15)22/h2-9,12,14,20,24H,10-11,13H2,1H3. The van der Waals surface area contributed by atoms with E-state index in [2.05, 4.69) is 10.4 Å². The van der Waals surface area contributed by atoms with Crippen LogP contribution >= 0.6 is 11.6 Å². The molecule has 2 heterocycles. The van der Waals surface area contributed by atoms with Crippen LogP contribution in [-0.2, 0) is 11.3 Å². The second kappa shape index (κ2) is 8.04. The van der Waals surface area contributed by atoms with Gasteiger partial charge >= 0.3 is 0 Å². The average molecular weight is 397 g/mol. The van der Waals surface area contributed by atoms with Gasteiger partial charge in [0.05, 0.1) is 24.9 Å². The van der Waals surface area contributed by atoms with E-state index in [1.807, 2.05) is 59.4 Å². The topological polar surface area (TPSA) is 59.4 Å². The smallest absolute Gasteiger partial charge is 0.257 e. The van der Waals surface area contributed by atoms with Crippen LogP contribution in [0.25, 0.3) is 0 Å². The number of nitrogens with zero attached hydrogens (tertiary/aromatic N) is 3. The third-order valence-corrected chi connectivity index (χ3v) is 5.19. The Morgan fingerprint density at radius 2 is 1.96 bits per heavy atom. The van der Waals surface area contributed by atoms with E-state index in [0.29, 0.717) is 30.3 Å². The van der Waals surface area contributed by atoms with E-state index >= 15 is 0 Å². The molecule has 1 aliphatic heterocycles. The molecular formula is C21H21ClN4O2. The SMILES string of the molecule is COCCN1C(=O)c2ccccc2NC1c1cnn(Cc2ccccc2Cl)c1. The molecule has 6 nitrogen and oxygen atoms in total. The molecule has 2 aromatic carbocycles. The van der Waals surface area contributed by atoms with Crippen molar-refractivity contribution in [1.82, 2.24) is 14.7 Å². The number of aromatic nitrogens is 2. The fourth-order valence-electron chi connectivity index (χ4n) is 3.38. The van der Waals surface area contributed by atoms with Crippen molar-refractivity contribution >= 4 is 23.2 Å². The van der Waals surface area contributed by atoms with Gasteiger partial charge < -0.3 is 15.0 Å². The van der Waals surface area contributed by atoms with Crippen molar-refractivity contribution in [2.45, 2.75) is 12.7 Å². The number of hydrogen-bond acceptors (Lipinski definition) is 4. The van der Waals surface area contributed by atoms with Crippen molar-refractivity contribution in [2.24, 2.45) is 0 Å². The number of carbonyl (C=O) groups is 1. The zero-order chi connectivity index (χ0) is 19.5. The Balaban J connectivity index is 1.62. The summed E-state index contributed by atoms with van der Waals surface area (Å²) >= 11 is 6.27. The summed E-state index contributed by atoms with van der Waals surface area (Å²) in [6.45, 7) is 1.51. The van der Waals surface area contributed by atoms with E-state index in [-0.39, 0.29) is 12.1 Å². The molecule has 28 heavy (non-hydrogen) atoms. The Bertz CT molecular complexity index is 988. The lowest BCUT2D eigenvalue weighted by molar-refractivity contribution is 0.0609. The summed E-state index contributed by atoms with van der Waals surface area (Å²) in [5, 5.41) is 8.64. The number of methoxy groups -OCH3 is 1. The summed E-state index contributed by atoms with van der Waals surface area (Å²) in [4.78, 5) is 14.8. The highest BCUT2D eigenvalue weighted by Gasteiger charge is 2.33. The molecule has 4 rings (SSSR count). The zero-order valence-corrected chi connectivity index (χ0v) is 16.3. The number of ether oxygens (including phenoxy) is 1. The second-order valence-electron chi connectivity index (χ2n) is 6.65. The van der Waals surface area contributed by atoms with Gasteiger partial charge in [-0.25, -0.2) is 0 Å². The summed E-state index contributed by atoms with van der Waals surface area (Å²) in [6.07, 6.45) is 3.43. The molecule has 0 radical (unpaired) electrons. The number of para-hydroxylation sites is 1. The lowest BCUT2D eigenvalue weighted by Crippen LogP contribution is -2.44. The molecule has 0 saturated heterocycles. The summed E-state index contributed by atoms with van der Waals surface area (Å²) in [5.74, 6) is -0.0183. The van der Waals surface area contributed by atoms with E-state index in [1.54, 1.807) is 18.2 Å². The van der Waals surface area contributed by atoms with Gasteiger partial charge in [0.25, 0.3) is 5.91 Å². The molecule has 0 aliphatic carbocycles. The molecule has 7 heteroatoms. The highest BCUT2D eigenvalue weighted by molar-refractivity contribution is 6.31. The first-order chi connectivity index (χ1) is 13.7. The summed E-state index contributed by atoms with van der Waals surface area (Å²) in [6, 6.07) is 15.2. The summed E-state index contributed by atoms with van der Waals surface area (Å²) in [7, 11) is 1.63. The quantitative estimate of drug-likeness (QED) is 0.688. The molecule has 0 bridgehead atoms. The normalized spacial score (nSPS) is 16.0. The molecule has 1 atom stereocenters. The van der Waals surface area contributed by atoms with E-state index < -0.39 is 0 Å². The fourth-order valence-corrected chi connectivity index (χ4v) is 3.58. The number of anilines is 1.